The van der Waals surface area contributed by atoms with Crippen LogP contribution in [0.2, 0.25) is 0 Å². The zero-order chi connectivity index (χ0) is 20.1. The maximum absolute atomic E-state index is 13.0. The first-order valence-corrected chi connectivity index (χ1v) is 8.63. The molecule has 28 heavy (non-hydrogen) atoms. The number of nitrogens with zero attached hydrogens (tertiary/aromatic N) is 1. The van der Waals surface area contributed by atoms with Crippen LogP contribution in [0.4, 0.5) is 0 Å². The van der Waals surface area contributed by atoms with Gasteiger partial charge in [-0.3, -0.25) is 4.79 Å². The smallest absolute Gasteiger partial charge is 0.341 e. The van der Waals surface area contributed by atoms with Crippen LogP contribution in [0.1, 0.15) is 15.9 Å². The lowest BCUT2D eigenvalue weighted by Crippen LogP contribution is -2.31. The van der Waals surface area contributed by atoms with E-state index in [-0.39, 0.29) is 5.91 Å². The number of carboxylic acid groups (broad SMARTS) is 1. The maximum atomic E-state index is 13.0. The zero-order valence-electron chi connectivity index (χ0n) is 15.6. The Balaban J connectivity index is 1.80. The predicted octanol–water partition coefficient (Wildman–Crippen LogP) is 2.20. The topological polar surface area (TPSA) is 94.5 Å². The van der Waals surface area contributed by atoms with E-state index in [1.54, 1.807) is 48.4 Å². The molecule has 0 bridgehead atoms. The monoisotopic (exact) mass is 387 g/mol. The fourth-order valence-corrected chi connectivity index (χ4v) is 2.91. The van der Waals surface area contributed by atoms with Crippen LogP contribution in [0.25, 0.3) is 0 Å². The minimum absolute atomic E-state index is 0.156. The van der Waals surface area contributed by atoms with Crippen LogP contribution in [-0.4, -0.2) is 55.9 Å². The van der Waals surface area contributed by atoms with Crippen molar-refractivity contribution in [3.8, 4) is 23.0 Å². The van der Waals surface area contributed by atoms with E-state index in [0.717, 1.165) is 5.56 Å². The summed E-state index contributed by atoms with van der Waals surface area (Å²) in [5.74, 6) is 0.614. The van der Waals surface area contributed by atoms with E-state index in [9.17, 15) is 9.59 Å². The summed E-state index contributed by atoms with van der Waals surface area (Å²) >= 11 is 0. The molecule has 0 aromatic heterocycles. The van der Waals surface area contributed by atoms with E-state index in [1.165, 1.54) is 7.11 Å². The van der Waals surface area contributed by atoms with Crippen molar-refractivity contribution in [3.63, 3.8) is 0 Å². The van der Waals surface area contributed by atoms with Gasteiger partial charge in [0, 0.05) is 6.54 Å². The second kappa shape index (κ2) is 8.51. The van der Waals surface area contributed by atoms with Gasteiger partial charge in [0.2, 0.25) is 0 Å². The van der Waals surface area contributed by atoms with Crippen molar-refractivity contribution in [2.45, 2.75) is 6.54 Å². The molecule has 2 aromatic rings. The van der Waals surface area contributed by atoms with Crippen LogP contribution < -0.4 is 18.9 Å². The first-order chi connectivity index (χ1) is 13.5. The third kappa shape index (κ3) is 4.28. The van der Waals surface area contributed by atoms with Gasteiger partial charge in [0.25, 0.3) is 5.91 Å². The van der Waals surface area contributed by atoms with Gasteiger partial charge in [-0.25, -0.2) is 4.79 Å². The number of rotatable bonds is 7. The standard InChI is InChI=1S/C20H21NO7/c1-25-14-4-6-16-15(10-14)20(24)21(7-8-27-16)11-13-3-5-17(18(9-13)26-2)28-12-19(22)23/h3-6,9-10H,7-8,11-12H2,1-2H3,(H,22,23). The largest absolute Gasteiger partial charge is 0.497 e. The highest BCUT2D eigenvalue weighted by molar-refractivity contribution is 5.97. The number of ether oxygens (including phenoxy) is 4. The van der Waals surface area contributed by atoms with Crippen LogP contribution >= 0.6 is 0 Å². The molecule has 0 saturated heterocycles. The van der Waals surface area contributed by atoms with Crippen LogP contribution in [0.3, 0.4) is 0 Å². The van der Waals surface area contributed by atoms with Gasteiger partial charge < -0.3 is 29.0 Å². The molecule has 2 aromatic carbocycles. The van der Waals surface area contributed by atoms with Crippen LogP contribution in [0.5, 0.6) is 23.0 Å². The summed E-state index contributed by atoms with van der Waals surface area (Å²) in [6.07, 6.45) is 0. The van der Waals surface area contributed by atoms with Crippen molar-refractivity contribution < 1.29 is 33.6 Å². The quantitative estimate of drug-likeness (QED) is 0.778. The van der Waals surface area contributed by atoms with Crippen molar-refractivity contribution in [1.82, 2.24) is 4.90 Å². The molecule has 1 aliphatic rings. The van der Waals surface area contributed by atoms with Gasteiger partial charge in [0.15, 0.2) is 18.1 Å². The molecule has 0 radical (unpaired) electrons. The van der Waals surface area contributed by atoms with E-state index in [4.69, 9.17) is 24.1 Å². The van der Waals surface area contributed by atoms with E-state index >= 15 is 0 Å². The summed E-state index contributed by atoms with van der Waals surface area (Å²) in [5, 5.41) is 8.75. The van der Waals surface area contributed by atoms with E-state index in [0.29, 0.717) is 48.3 Å². The lowest BCUT2D eigenvalue weighted by molar-refractivity contribution is -0.139. The molecule has 0 unspecified atom stereocenters. The summed E-state index contributed by atoms with van der Waals surface area (Å²) < 4.78 is 21.4. The number of amides is 1. The SMILES string of the molecule is COc1ccc2c(c1)C(=O)N(Cc1ccc(OCC(=O)O)c(OC)c1)CCO2. The number of hydrogen-bond acceptors (Lipinski definition) is 6. The Morgan fingerprint density at radius 1 is 1.14 bits per heavy atom. The molecular weight excluding hydrogens is 366 g/mol. The Hall–Kier alpha value is -3.42. The van der Waals surface area contributed by atoms with Crippen molar-refractivity contribution in [2.24, 2.45) is 0 Å². The molecule has 0 aliphatic carbocycles. The van der Waals surface area contributed by atoms with Crippen LogP contribution in [-0.2, 0) is 11.3 Å². The number of carboxylic acids is 1. The number of carbonyl (C=O) groups is 2. The van der Waals surface area contributed by atoms with Gasteiger partial charge in [-0.15, -0.1) is 0 Å². The molecule has 1 amide bonds. The Labute approximate surface area is 162 Å². The van der Waals surface area contributed by atoms with Gasteiger partial charge in [0.05, 0.1) is 26.3 Å². The fraction of sp³-hybridized carbons (Fsp3) is 0.300. The molecule has 0 fully saturated rings. The minimum atomic E-state index is -1.07. The van der Waals surface area contributed by atoms with E-state index < -0.39 is 12.6 Å². The molecule has 8 nitrogen and oxygen atoms in total. The van der Waals surface area contributed by atoms with Crippen LogP contribution in [0, 0.1) is 0 Å². The number of carbonyl (C=O) groups excluding carboxylic acids is 1. The Morgan fingerprint density at radius 3 is 2.68 bits per heavy atom. The summed E-state index contributed by atoms with van der Waals surface area (Å²) in [5.41, 5.74) is 1.27. The normalized spacial score (nSPS) is 13.2. The van der Waals surface area contributed by atoms with Gasteiger partial charge in [-0.05, 0) is 35.9 Å². The molecule has 0 atom stereocenters. The van der Waals surface area contributed by atoms with E-state index in [1.807, 2.05) is 0 Å². The van der Waals surface area contributed by atoms with Crippen molar-refractivity contribution in [1.29, 1.82) is 0 Å². The zero-order valence-corrected chi connectivity index (χ0v) is 15.6. The van der Waals surface area contributed by atoms with Crippen LogP contribution in [0.15, 0.2) is 36.4 Å². The lowest BCUT2D eigenvalue weighted by atomic mass is 10.1. The van der Waals surface area contributed by atoms with E-state index in [2.05, 4.69) is 0 Å². The summed E-state index contributed by atoms with van der Waals surface area (Å²) in [6, 6.07) is 10.3. The van der Waals surface area contributed by atoms with Gasteiger partial charge in [0.1, 0.15) is 18.1 Å². The number of aliphatic carboxylic acids is 1. The number of fused-ring (bicyclic) bond motifs is 1. The molecule has 8 heteroatoms. The third-order valence-corrected chi connectivity index (χ3v) is 4.28. The van der Waals surface area contributed by atoms with Crippen molar-refractivity contribution in [3.05, 3.63) is 47.5 Å². The molecule has 1 heterocycles. The second-order valence-corrected chi connectivity index (χ2v) is 6.10. The molecule has 148 valence electrons. The first kappa shape index (κ1) is 19.3. The second-order valence-electron chi connectivity index (χ2n) is 6.10. The Kier molecular flexibility index (Phi) is 5.88. The fourth-order valence-electron chi connectivity index (χ4n) is 2.91. The first-order valence-electron chi connectivity index (χ1n) is 8.63. The van der Waals surface area contributed by atoms with Crippen molar-refractivity contribution in [2.75, 3.05) is 34.0 Å². The average Bonchev–Trinajstić information content (AvgIpc) is 2.85. The highest BCUT2D eigenvalue weighted by Gasteiger charge is 2.24. The summed E-state index contributed by atoms with van der Waals surface area (Å²) in [7, 11) is 3.02. The number of methoxy groups -OCH3 is 2. The molecule has 0 saturated carbocycles. The molecule has 0 spiro atoms. The lowest BCUT2D eigenvalue weighted by Gasteiger charge is -2.21. The predicted molar refractivity (Wildman–Crippen MR) is 99.4 cm³/mol. The number of hydrogen-bond donors (Lipinski definition) is 1. The molecule has 1 N–H and O–H groups in total. The van der Waals surface area contributed by atoms with Gasteiger partial charge in [-0.2, -0.15) is 0 Å². The third-order valence-electron chi connectivity index (χ3n) is 4.28. The molecule has 1 aliphatic heterocycles. The van der Waals surface area contributed by atoms with Crippen molar-refractivity contribution >= 4 is 11.9 Å². The Morgan fingerprint density at radius 2 is 1.96 bits per heavy atom. The minimum Gasteiger partial charge on any atom is -0.497 e. The summed E-state index contributed by atoms with van der Waals surface area (Å²) in [4.78, 5) is 25.3. The maximum Gasteiger partial charge on any atom is 0.341 e. The molecule has 3 rings (SSSR count). The molecular formula is C20H21NO7. The highest BCUT2D eigenvalue weighted by atomic mass is 16.5. The Bertz CT molecular complexity index is 881. The number of benzene rings is 2. The average molecular weight is 387 g/mol. The summed E-state index contributed by atoms with van der Waals surface area (Å²) in [6.45, 7) is 0.683. The van der Waals surface area contributed by atoms with Gasteiger partial charge >= 0.3 is 5.97 Å². The van der Waals surface area contributed by atoms with Gasteiger partial charge in [-0.1, -0.05) is 6.07 Å². The highest BCUT2D eigenvalue weighted by Crippen LogP contribution is 2.31.